The number of carbonyl (C=O) groups excluding carboxylic acids is 1. The van der Waals surface area contributed by atoms with Gasteiger partial charge in [0.15, 0.2) is 0 Å². The van der Waals surface area contributed by atoms with Gasteiger partial charge in [-0.15, -0.1) is 12.4 Å². The molecule has 0 radical (unpaired) electrons. The molecule has 0 saturated carbocycles. The van der Waals surface area contributed by atoms with Gasteiger partial charge in [0.1, 0.15) is 11.5 Å². The number of nitrogens with zero attached hydrogens (tertiary/aromatic N) is 5. The number of aryl methyl sites for hydroxylation is 1. The van der Waals surface area contributed by atoms with Crippen LogP contribution in [0.15, 0.2) is 24.7 Å². The fourth-order valence-electron chi connectivity index (χ4n) is 3.98. The van der Waals surface area contributed by atoms with Crippen LogP contribution in [0.2, 0.25) is 0 Å². The van der Waals surface area contributed by atoms with Crippen molar-refractivity contribution in [2.45, 2.75) is 51.2 Å². The van der Waals surface area contributed by atoms with Crippen LogP contribution < -0.4 is 5.32 Å². The fourth-order valence-corrected chi connectivity index (χ4v) is 3.98. The highest BCUT2D eigenvalue weighted by Gasteiger charge is 2.31. The lowest BCUT2D eigenvalue weighted by Gasteiger charge is -2.25. The van der Waals surface area contributed by atoms with Crippen molar-refractivity contribution < 1.29 is 4.79 Å². The van der Waals surface area contributed by atoms with Crippen LogP contribution in [0.1, 0.15) is 48.0 Å². The number of rotatable bonds is 4. The van der Waals surface area contributed by atoms with Crippen molar-refractivity contribution in [1.29, 1.82) is 0 Å². The molecule has 2 aliphatic heterocycles. The molecule has 7 nitrogen and oxygen atoms in total. The molecule has 2 aromatic rings. The lowest BCUT2D eigenvalue weighted by Crippen LogP contribution is -2.38. The second-order valence-electron chi connectivity index (χ2n) is 7.10. The van der Waals surface area contributed by atoms with Gasteiger partial charge >= 0.3 is 0 Å². The van der Waals surface area contributed by atoms with Gasteiger partial charge in [0.2, 0.25) is 0 Å². The zero-order chi connectivity index (χ0) is 17.2. The topological polar surface area (TPSA) is 68.0 Å². The molecule has 0 aliphatic carbocycles. The average Bonchev–Trinajstić information content (AvgIpc) is 3.37. The largest absolute Gasteiger partial charge is 0.333 e. The van der Waals surface area contributed by atoms with Gasteiger partial charge in [-0.1, -0.05) is 0 Å². The molecule has 2 saturated heterocycles. The summed E-state index contributed by atoms with van der Waals surface area (Å²) >= 11 is 0. The summed E-state index contributed by atoms with van der Waals surface area (Å²) in [6.07, 6.45) is 10.1. The molecule has 1 N–H and O–H groups in total. The van der Waals surface area contributed by atoms with Crippen LogP contribution in [0, 0.1) is 6.92 Å². The molecule has 0 spiro atoms. The number of halogens is 1. The molecule has 26 heavy (non-hydrogen) atoms. The first-order valence-electron chi connectivity index (χ1n) is 9.27. The maximum absolute atomic E-state index is 13.0. The van der Waals surface area contributed by atoms with E-state index in [1.165, 1.54) is 0 Å². The van der Waals surface area contributed by atoms with Gasteiger partial charge in [0, 0.05) is 38.2 Å². The number of carbonyl (C=O) groups is 1. The van der Waals surface area contributed by atoms with Crippen molar-refractivity contribution in [3.63, 3.8) is 0 Å². The summed E-state index contributed by atoms with van der Waals surface area (Å²) in [5.41, 5.74) is 0.569. The number of aromatic nitrogens is 4. The Kier molecular flexibility index (Phi) is 5.98. The van der Waals surface area contributed by atoms with Gasteiger partial charge < -0.3 is 14.8 Å². The van der Waals surface area contributed by atoms with Gasteiger partial charge in [-0.2, -0.15) is 5.10 Å². The monoisotopic (exact) mass is 378 g/mol. The van der Waals surface area contributed by atoms with E-state index in [4.69, 9.17) is 0 Å². The highest BCUT2D eigenvalue weighted by atomic mass is 35.5. The lowest BCUT2D eigenvalue weighted by molar-refractivity contribution is 0.0716. The summed E-state index contributed by atoms with van der Waals surface area (Å²) < 4.78 is 4.09. The Morgan fingerprint density at radius 3 is 2.92 bits per heavy atom. The van der Waals surface area contributed by atoms with Crippen LogP contribution in [-0.2, 0) is 6.54 Å². The maximum atomic E-state index is 13.0. The number of imidazole rings is 1. The van der Waals surface area contributed by atoms with Crippen molar-refractivity contribution in [2.24, 2.45) is 0 Å². The Morgan fingerprint density at radius 1 is 1.31 bits per heavy atom. The van der Waals surface area contributed by atoms with Crippen molar-refractivity contribution in [3.05, 3.63) is 36.2 Å². The van der Waals surface area contributed by atoms with Gasteiger partial charge in [0.05, 0.1) is 12.1 Å². The molecule has 0 aromatic carbocycles. The number of hydrogen-bond acceptors (Lipinski definition) is 4. The van der Waals surface area contributed by atoms with Crippen LogP contribution in [0.5, 0.6) is 0 Å². The molecule has 2 unspecified atom stereocenters. The van der Waals surface area contributed by atoms with Gasteiger partial charge in [0.25, 0.3) is 5.91 Å². The van der Waals surface area contributed by atoms with Gasteiger partial charge in [-0.25, -0.2) is 4.98 Å². The summed E-state index contributed by atoms with van der Waals surface area (Å²) in [4.78, 5) is 19.2. The van der Waals surface area contributed by atoms with E-state index in [1.54, 1.807) is 0 Å². The highest BCUT2D eigenvalue weighted by molar-refractivity contribution is 5.92. The van der Waals surface area contributed by atoms with Gasteiger partial charge in [-0.05, 0) is 45.2 Å². The zero-order valence-corrected chi connectivity index (χ0v) is 16.0. The third-order valence-corrected chi connectivity index (χ3v) is 5.44. The van der Waals surface area contributed by atoms with Crippen LogP contribution in [0.25, 0.3) is 0 Å². The van der Waals surface area contributed by atoms with Crippen LogP contribution in [0.3, 0.4) is 0 Å². The van der Waals surface area contributed by atoms with Crippen molar-refractivity contribution in [2.75, 3.05) is 19.6 Å². The first-order valence-corrected chi connectivity index (χ1v) is 9.27. The zero-order valence-electron chi connectivity index (χ0n) is 15.2. The molecule has 0 bridgehead atoms. The predicted molar refractivity (Wildman–Crippen MR) is 102 cm³/mol. The van der Waals surface area contributed by atoms with E-state index in [1.807, 2.05) is 41.2 Å². The summed E-state index contributed by atoms with van der Waals surface area (Å²) in [6.45, 7) is 5.63. The second kappa shape index (κ2) is 8.22. The van der Waals surface area contributed by atoms with E-state index >= 15 is 0 Å². The Bertz CT molecular complexity index is 736. The maximum Gasteiger partial charge on any atom is 0.274 e. The van der Waals surface area contributed by atoms with E-state index in [2.05, 4.69) is 20.0 Å². The lowest BCUT2D eigenvalue weighted by atomic mass is 10.1. The number of amides is 1. The first-order chi connectivity index (χ1) is 12.2. The van der Waals surface area contributed by atoms with E-state index in [-0.39, 0.29) is 24.4 Å². The van der Waals surface area contributed by atoms with E-state index in [0.717, 1.165) is 57.7 Å². The standard InChI is InChI=1S/C18H26N6O.ClH/c1-14-20-8-11-22(14)13-16-5-3-9-23(16)18(25)17-6-10-24(21-17)15-4-2-7-19-12-15;/h6,8,10-11,15-16,19H,2-5,7,9,12-13H2,1H3;1H. The molecule has 1 amide bonds. The third-order valence-electron chi connectivity index (χ3n) is 5.44. The summed E-state index contributed by atoms with van der Waals surface area (Å²) in [7, 11) is 0. The summed E-state index contributed by atoms with van der Waals surface area (Å²) in [6, 6.07) is 2.45. The Morgan fingerprint density at radius 2 is 2.19 bits per heavy atom. The van der Waals surface area contributed by atoms with Gasteiger partial charge in [-0.3, -0.25) is 9.48 Å². The van der Waals surface area contributed by atoms with E-state index < -0.39 is 0 Å². The van der Waals surface area contributed by atoms with Crippen molar-refractivity contribution >= 4 is 18.3 Å². The van der Waals surface area contributed by atoms with Crippen LogP contribution >= 0.6 is 12.4 Å². The Balaban J connectivity index is 0.00000196. The minimum Gasteiger partial charge on any atom is -0.333 e. The number of nitrogens with one attached hydrogen (secondary N) is 1. The number of hydrogen-bond donors (Lipinski definition) is 1. The quantitative estimate of drug-likeness (QED) is 0.884. The predicted octanol–water partition coefficient (Wildman–Crippen LogP) is 2.04. The summed E-state index contributed by atoms with van der Waals surface area (Å²) in [5.74, 6) is 1.05. The summed E-state index contributed by atoms with van der Waals surface area (Å²) in [5, 5.41) is 7.99. The molecule has 4 heterocycles. The van der Waals surface area contributed by atoms with Crippen LogP contribution in [-0.4, -0.2) is 55.8 Å². The SMILES string of the molecule is Cc1nccn1CC1CCCN1C(=O)c1ccn(C2CCCNC2)n1.Cl. The minimum absolute atomic E-state index is 0. The first kappa shape index (κ1) is 18.9. The fraction of sp³-hybridized carbons (Fsp3) is 0.611. The van der Waals surface area contributed by atoms with Crippen LogP contribution in [0.4, 0.5) is 0 Å². The van der Waals surface area contributed by atoms with Crippen molar-refractivity contribution in [3.8, 4) is 0 Å². The Hall–Kier alpha value is -1.86. The number of piperidine rings is 1. The third kappa shape index (κ3) is 3.78. The average molecular weight is 379 g/mol. The van der Waals surface area contributed by atoms with Crippen molar-refractivity contribution in [1.82, 2.24) is 29.5 Å². The normalized spacial score (nSPS) is 23.0. The molecule has 2 fully saturated rings. The minimum atomic E-state index is 0. The number of likely N-dealkylation sites (tertiary alicyclic amines) is 1. The molecule has 4 rings (SSSR count). The molecule has 8 heteroatoms. The molecular formula is C18H27ClN6O. The van der Waals surface area contributed by atoms with E-state index in [0.29, 0.717) is 11.7 Å². The molecule has 2 aromatic heterocycles. The second-order valence-corrected chi connectivity index (χ2v) is 7.10. The molecular weight excluding hydrogens is 352 g/mol. The molecule has 2 aliphatic rings. The van der Waals surface area contributed by atoms with E-state index in [9.17, 15) is 4.79 Å². The molecule has 2 atom stereocenters. The molecule has 142 valence electrons. The smallest absolute Gasteiger partial charge is 0.274 e. The Labute approximate surface area is 160 Å². The highest BCUT2D eigenvalue weighted by Crippen LogP contribution is 2.22.